The molecule has 122 valence electrons. The molecular formula is C15H17BO6S. The molecule has 0 radical (unpaired) electrons. The summed E-state index contributed by atoms with van der Waals surface area (Å²) < 4.78 is 35.2. The summed E-state index contributed by atoms with van der Waals surface area (Å²) in [6, 6.07) is 10.5. The van der Waals surface area contributed by atoms with E-state index in [1.165, 1.54) is 44.6 Å². The van der Waals surface area contributed by atoms with Crippen molar-refractivity contribution < 1.29 is 27.9 Å². The quantitative estimate of drug-likeness (QED) is 0.740. The van der Waals surface area contributed by atoms with E-state index in [4.69, 9.17) is 19.5 Å². The van der Waals surface area contributed by atoms with Gasteiger partial charge in [0, 0.05) is 6.07 Å². The minimum Gasteiger partial charge on any atom is -0.493 e. The fraction of sp³-hybridized carbons (Fsp3) is 0.200. The van der Waals surface area contributed by atoms with Gasteiger partial charge in [-0.15, -0.1) is 0 Å². The van der Waals surface area contributed by atoms with Gasteiger partial charge in [0.25, 0.3) is 0 Å². The average Bonchev–Trinajstić information content (AvgIpc) is 2.54. The van der Waals surface area contributed by atoms with E-state index in [1.54, 1.807) is 12.1 Å². The Labute approximate surface area is 135 Å². The summed E-state index contributed by atoms with van der Waals surface area (Å²) in [5, 5.41) is 18.1. The molecule has 0 bridgehead atoms. The van der Waals surface area contributed by atoms with Crippen LogP contribution in [0, 0.1) is 0 Å². The maximum atomic E-state index is 12.5. The van der Waals surface area contributed by atoms with Crippen LogP contribution >= 0.6 is 0 Å². The zero-order valence-electron chi connectivity index (χ0n) is 12.8. The van der Waals surface area contributed by atoms with Crippen molar-refractivity contribution in [3.8, 4) is 11.5 Å². The Morgan fingerprint density at radius 1 is 0.957 bits per heavy atom. The minimum absolute atomic E-state index is 0.126. The van der Waals surface area contributed by atoms with Gasteiger partial charge in [0.15, 0.2) is 21.3 Å². The van der Waals surface area contributed by atoms with E-state index in [0.29, 0.717) is 22.5 Å². The summed E-state index contributed by atoms with van der Waals surface area (Å²) in [6.45, 7) is 0. The fourth-order valence-electron chi connectivity index (χ4n) is 2.10. The molecule has 0 unspecified atom stereocenters. The molecule has 2 aromatic rings. The van der Waals surface area contributed by atoms with Gasteiger partial charge < -0.3 is 19.5 Å². The highest BCUT2D eigenvalue weighted by atomic mass is 32.2. The molecule has 6 nitrogen and oxygen atoms in total. The van der Waals surface area contributed by atoms with Crippen molar-refractivity contribution in [3.05, 3.63) is 48.0 Å². The van der Waals surface area contributed by atoms with Gasteiger partial charge in [-0.3, -0.25) is 0 Å². The Kier molecular flexibility index (Phi) is 5.30. The zero-order valence-corrected chi connectivity index (χ0v) is 13.6. The summed E-state index contributed by atoms with van der Waals surface area (Å²) >= 11 is 0. The monoisotopic (exact) mass is 336 g/mol. The van der Waals surface area contributed by atoms with Crippen LogP contribution in [0.15, 0.2) is 47.4 Å². The Morgan fingerprint density at radius 3 is 2.09 bits per heavy atom. The minimum atomic E-state index is -3.56. The van der Waals surface area contributed by atoms with Crippen LogP contribution in [-0.4, -0.2) is 39.8 Å². The topological polar surface area (TPSA) is 93.1 Å². The third-order valence-corrected chi connectivity index (χ3v) is 5.03. The number of hydrogen-bond acceptors (Lipinski definition) is 6. The molecule has 0 aliphatic carbocycles. The number of sulfone groups is 1. The molecule has 0 aliphatic rings. The van der Waals surface area contributed by atoms with Crippen molar-refractivity contribution >= 4 is 22.4 Å². The van der Waals surface area contributed by atoms with Gasteiger partial charge in [-0.25, -0.2) is 8.42 Å². The summed E-state index contributed by atoms with van der Waals surface area (Å²) in [5.74, 6) is 0.588. The van der Waals surface area contributed by atoms with E-state index in [9.17, 15) is 8.42 Å². The second kappa shape index (κ2) is 7.03. The smallest absolute Gasteiger partial charge is 0.488 e. The van der Waals surface area contributed by atoms with Gasteiger partial charge in [0.2, 0.25) is 0 Å². The zero-order chi connectivity index (χ0) is 17.0. The first kappa shape index (κ1) is 17.3. The molecule has 0 saturated carbocycles. The van der Waals surface area contributed by atoms with E-state index >= 15 is 0 Å². The van der Waals surface area contributed by atoms with E-state index in [-0.39, 0.29) is 10.6 Å². The maximum Gasteiger partial charge on any atom is 0.488 e. The second-order valence-corrected chi connectivity index (χ2v) is 6.88. The molecule has 0 amide bonds. The van der Waals surface area contributed by atoms with Gasteiger partial charge in [-0.2, -0.15) is 0 Å². The molecule has 0 spiro atoms. The Balaban J connectivity index is 2.28. The molecule has 2 aromatic carbocycles. The summed E-state index contributed by atoms with van der Waals surface area (Å²) in [5.41, 5.74) is 0.849. The first-order chi connectivity index (χ1) is 10.9. The first-order valence-corrected chi connectivity index (χ1v) is 8.42. The highest BCUT2D eigenvalue weighted by Gasteiger charge is 2.18. The summed E-state index contributed by atoms with van der Waals surface area (Å²) in [7, 11) is -2.23. The van der Waals surface area contributed by atoms with Crippen molar-refractivity contribution in [2.75, 3.05) is 14.2 Å². The van der Waals surface area contributed by atoms with Crippen LogP contribution in [-0.2, 0) is 15.6 Å². The van der Waals surface area contributed by atoms with Crippen molar-refractivity contribution in [3.63, 3.8) is 0 Å². The largest absolute Gasteiger partial charge is 0.493 e. The number of benzene rings is 2. The van der Waals surface area contributed by atoms with Crippen LogP contribution < -0.4 is 14.9 Å². The van der Waals surface area contributed by atoms with Gasteiger partial charge in [-0.05, 0) is 23.2 Å². The number of ether oxygens (including phenoxy) is 2. The summed E-state index contributed by atoms with van der Waals surface area (Å²) in [4.78, 5) is 0.126. The molecule has 0 saturated heterocycles. The molecule has 2 N–H and O–H groups in total. The first-order valence-electron chi connectivity index (χ1n) is 6.77. The van der Waals surface area contributed by atoms with Crippen LogP contribution in [0.4, 0.5) is 0 Å². The molecule has 0 fully saturated rings. The molecule has 8 heteroatoms. The normalized spacial score (nSPS) is 11.1. The number of hydrogen-bond donors (Lipinski definition) is 2. The van der Waals surface area contributed by atoms with Crippen LogP contribution in [0.3, 0.4) is 0 Å². The van der Waals surface area contributed by atoms with Crippen molar-refractivity contribution in [1.82, 2.24) is 0 Å². The Hall–Kier alpha value is -2.03. The third-order valence-electron chi connectivity index (χ3n) is 3.35. The average molecular weight is 336 g/mol. The van der Waals surface area contributed by atoms with Crippen LogP contribution in [0.5, 0.6) is 11.5 Å². The van der Waals surface area contributed by atoms with Gasteiger partial charge in [0.05, 0.1) is 24.9 Å². The standard InChI is InChI=1S/C15H17BO6S/c1-21-14-8-7-13(9-15(14)22-2)23(19,20)10-11-3-5-12(6-4-11)16(17)18/h3-9,17-18H,10H2,1-2H3. The second-order valence-electron chi connectivity index (χ2n) is 4.89. The lowest BCUT2D eigenvalue weighted by atomic mass is 9.80. The SMILES string of the molecule is COc1ccc(S(=O)(=O)Cc2ccc(B(O)O)cc2)cc1OC. The highest BCUT2D eigenvalue weighted by Crippen LogP contribution is 2.30. The molecule has 23 heavy (non-hydrogen) atoms. The Bertz CT molecular complexity index is 771. The van der Waals surface area contributed by atoms with Crippen LogP contribution in [0.25, 0.3) is 0 Å². The van der Waals surface area contributed by atoms with Crippen LogP contribution in [0.2, 0.25) is 0 Å². The van der Waals surface area contributed by atoms with E-state index in [2.05, 4.69) is 0 Å². The van der Waals surface area contributed by atoms with Gasteiger partial charge in [-0.1, -0.05) is 24.3 Å². The lowest BCUT2D eigenvalue weighted by Crippen LogP contribution is -2.29. The maximum absolute atomic E-state index is 12.5. The molecule has 0 aromatic heterocycles. The van der Waals surface area contributed by atoms with Gasteiger partial charge >= 0.3 is 7.12 Å². The van der Waals surface area contributed by atoms with Crippen molar-refractivity contribution in [2.24, 2.45) is 0 Å². The number of rotatable bonds is 6. The fourth-order valence-corrected chi connectivity index (χ4v) is 3.46. The predicted molar refractivity (Wildman–Crippen MR) is 86.7 cm³/mol. The molecule has 0 atom stereocenters. The molecular weight excluding hydrogens is 319 g/mol. The Morgan fingerprint density at radius 2 is 1.57 bits per heavy atom. The van der Waals surface area contributed by atoms with E-state index < -0.39 is 17.0 Å². The molecule has 0 aliphatic heterocycles. The summed E-state index contributed by atoms with van der Waals surface area (Å²) in [6.07, 6.45) is 0. The van der Waals surface area contributed by atoms with Crippen LogP contribution in [0.1, 0.15) is 5.56 Å². The predicted octanol–water partition coefficient (Wildman–Crippen LogP) is 0.357. The van der Waals surface area contributed by atoms with Crippen molar-refractivity contribution in [2.45, 2.75) is 10.6 Å². The van der Waals surface area contributed by atoms with E-state index in [1.807, 2.05) is 0 Å². The highest BCUT2D eigenvalue weighted by molar-refractivity contribution is 7.90. The lowest BCUT2D eigenvalue weighted by Gasteiger charge is -2.10. The lowest BCUT2D eigenvalue weighted by molar-refractivity contribution is 0.354. The van der Waals surface area contributed by atoms with Crippen molar-refractivity contribution in [1.29, 1.82) is 0 Å². The number of methoxy groups -OCH3 is 2. The van der Waals surface area contributed by atoms with E-state index in [0.717, 1.165) is 0 Å². The molecule has 2 rings (SSSR count). The third kappa shape index (κ3) is 4.04. The van der Waals surface area contributed by atoms with Gasteiger partial charge in [0.1, 0.15) is 0 Å². The molecule has 0 heterocycles.